The van der Waals surface area contributed by atoms with E-state index in [1.807, 2.05) is 20.8 Å². The molecule has 0 aliphatic heterocycles. The Labute approximate surface area is 134 Å². The summed E-state index contributed by atoms with van der Waals surface area (Å²) in [5.41, 5.74) is 4.68. The molecule has 0 aromatic carbocycles. The van der Waals surface area contributed by atoms with Gasteiger partial charge in [-0.3, -0.25) is 4.79 Å². The van der Waals surface area contributed by atoms with E-state index in [2.05, 4.69) is 15.5 Å². The van der Waals surface area contributed by atoms with Gasteiger partial charge < -0.3 is 15.6 Å². The van der Waals surface area contributed by atoms with Crippen LogP contribution in [-0.4, -0.2) is 35.1 Å². The molecule has 0 saturated heterocycles. The first kappa shape index (κ1) is 20.7. The maximum atomic E-state index is 12.8. The van der Waals surface area contributed by atoms with Gasteiger partial charge in [-0.2, -0.15) is 4.98 Å². The second-order valence-electron chi connectivity index (χ2n) is 5.95. The van der Waals surface area contributed by atoms with Gasteiger partial charge in [-0.25, -0.2) is 8.78 Å². The average molecular weight is 341 g/mol. The van der Waals surface area contributed by atoms with Gasteiger partial charge in [-0.1, -0.05) is 25.9 Å². The van der Waals surface area contributed by atoms with Crippen LogP contribution in [0.1, 0.15) is 45.3 Å². The fourth-order valence-electron chi connectivity index (χ4n) is 1.45. The molecular formula is C13H23ClF2N4O2. The Bertz CT molecular complexity index is 475. The van der Waals surface area contributed by atoms with Gasteiger partial charge in [0.1, 0.15) is 0 Å². The molecule has 1 rings (SSSR count). The first-order valence-corrected chi connectivity index (χ1v) is 6.82. The zero-order valence-electron chi connectivity index (χ0n) is 13.0. The minimum atomic E-state index is -3.07. The number of carbonyl (C=O) groups is 1. The van der Waals surface area contributed by atoms with Crippen LogP contribution in [0.2, 0.25) is 0 Å². The summed E-state index contributed by atoms with van der Waals surface area (Å²) in [5, 5.41) is 6.02. The standard InChI is InChI=1S/C13H22F2N4O2.ClH/c1-12(2,3)11-18-10(21-19-11)6-4-5-9(20)17-8-13(14,15)7-16;/h4-8,16H2,1-3H3,(H,17,20);1H. The van der Waals surface area contributed by atoms with E-state index in [1.54, 1.807) is 0 Å². The lowest BCUT2D eigenvalue weighted by Crippen LogP contribution is -2.41. The minimum absolute atomic E-state index is 0. The van der Waals surface area contributed by atoms with Gasteiger partial charge in [0.05, 0.1) is 13.1 Å². The summed E-state index contributed by atoms with van der Waals surface area (Å²) in [6.07, 6.45) is 1.00. The van der Waals surface area contributed by atoms with Crippen LogP contribution in [0.4, 0.5) is 8.78 Å². The Kier molecular flexibility index (Phi) is 7.89. The van der Waals surface area contributed by atoms with Crippen molar-refractivity contribution >= 4 is 18.3 Å². The highest BCUT2D eigenvalue weighted by Gasteiger charge is 2.27. The topological polar surface area (TPSA) is 94.0 Å². The van der Waals surface area contributed by atoms with Crippen LogP contribution in [0.25, 0.3) is 0 Å². The SMILES string of the molecule is CC(C)(C)c1noc(CCCC(=O)NCC(F)(F)CN)n1.Cl. The summed E-state index contributed by atoms with van der Waals surface area (Å²) >= 11 is 0. The maximum Gasteiger partial charge on any atom is 0.277 e. The van der Waals surface area contributed by atoms with E-state index in [0.717, 1.165) is 0 Å². The molecule has 22 heavy (non-hydrogen) atoms. The van der Waals surface area contributed by atoms with Crippen LogP contribution < -0.4 is 11.1 Å². The molecule has 0 aliphatic rings. The summed E-state index contributed by atoms with van der Waals surface area (Å²) in [6, 6.07) is 0. The van der Waals surface area contributed by atoms with E-state index in [-0.39, 0.29) is 24.2 Å². The lowest BCUT2D eigenvalue weighted by atomic mass is 9.96. The molecule has 0 saturated carbocycles. The molecule has 6 nitrogen and oxygen atoms in total. The number of rotatable bonds is 7. The van der Waals surface area contributed by atoms with Gasteiger partial charge in [0, 0.05) is 18.3 Å². The highest BCUT2D eigenvalue weighted by atomic mass is 35.5. The van der Waals surface area contributed by atoms with Crippen molar-refractivity contribution in [3.8, 4) is 0 Å². The fourth-order valence-corrected chi connectivity index (χ4v) is 1.45. The Morgan fingerprint density at radius 3 is 2.50 bits per heavy atom. The number of aromatic nitrogens is 2. The Morgan fingerprint density at radius 1 is 1.36 bits per heavy atom. The number of nitrogens with two attached hydrogens (primary N) is 1. The fraction of sp³-hybridized carbons (Fsp3) is 0.769. The summed E-state index contributed by atoms with van der Waals surface area (Å²) in [5.74, 6) is -2.47. The number of nitrogens with zero attached hydrogens (tertiary/aromatic N) is 2. The summed E-state index contributed by atoms with van der Waals surface area (Å²) in [4.78, 5) is 15.6. The molecule has 1 aromatic heterocycles. The predicted octanol–water partition coefficient (Wildman–Crippen LogP) is 1.82. The molecule has 1 amide bonds. The van der Waals surface area contributed by atoms with E-state index in [1.165, 1.54) is 0 Å². The molecule has 0 atom stereocenters. The zero-order valence-corrected chi connectivity index (χ0v) is 13.8. The molecule has 0 spiro atoms. The van der Waals surface area contributed by atoms with Crippen molar-refractivity contribution in [1.29, 1.82) is 0 Å². The van der Waals surface area contributed by atoms with Gasteiger partial charge >= 0.3 is 0 Å². The first-order valence-electron chi connectivity index (χ1n) is 6.82. The van der Waals surface area contributed by atoms with Crippen LogP contribution >= 0.6 is 12.4 Å². The van der Waals surface area contributed by atoms with E-state index < -0.39 is 24.9 Å². The molecule has 3 N–H and O–H groups in total. The second kappa shape index (κ2) is 8.38. The van der Waals surface area contributed by atoms with E-state index >= 15 is 0 Å². The monoisotopic (exact) mass is 340 g/mol. The Hall–Kier alpha value is -1.28. The van der Waals surface area contributed by atoms with Crippen LogP contribution in [0.15, 0.2) is 4.52 Å². The molecule has 0 bridgehead atoms. The van der Waals surface area contributed by atoms with Crippen LogP contribution in [-0.2, 0) is 16.6 Å². The maximum absolute atomic E-state index is 12.8. The smallest absolute Gasteiger partial charge is 0.277 e. The number of hydrogen-bond donors (Lipinski definition) is 2. The first-order chi connectivity index (χ1) is 9.64. The molecule has 0 fully saturated rings. The molecule has 0 radical (unpaired) electrons. The van der Waals surface area contributed by atoms with Crippen LogP contribution in [0.5, 0.6) is 0 Å². The van der Waals surface area contributed by atoms with E-state index in [4.69, 9.17) is 10.3 Å². The number of alkyl halides is 2. The largest absolute Gasteiger partial charge is 0.350 e. The molecule has 0 aliphatic carbocycles. The number of amides is 1. The van der Waals surface area contributed by atoms with Crippen molar-refractivity contribution in [2.75, 3.05) is 13.1 Å². The predicted molar refractivity (Wildman–Crippen MR) is 80.2 cm³/mol. The van der Waals surface area contributed by atoms with E-state index in [0.29, 0.717) is 24.6 Å². The van der Waals surface area contributed by atoms with Crippen molar-refractivity contribution < 1.29 is 18.1 Å². The van der Waals surface area contributed by atoms with Crippen LogP contribution in [0.3, 0.4) is 0 Å². The number of hydrogen-bond acceptors (Lipinski definition) is 5. The van der Waals surface area contributed by atoms with Crippen molar-refractivity contribution in [2.45, 2.75) is 51.4 Å². The molecule has 1 heterocycles. The molecule has 0 unspecified atom stereocenters. The summed E-state index contributed by atoms with van der Waals surface area (Å²) in [6.45, 7) is 4.37. The van der Waals surface area contributed by atoms with E-state index in [9.17, 15) is 13.6 Å². The van der Waals surface area contributed by atoms with Gasteiger partial charge in [0.15, 0.2) is 5.82 Å². The number of aryl methyl sites for hydroxylation is 1. The quantitative estimate of drug-likeness (QED) is 0.789. The lowest BCUT2D eigenvalue weighted by Gasteiger charge is -2.14. The molecular weight excluding hydrogens is 318 g/mol. The number of nitrogens with one attached hydrogen (secondary N) is 1. The zero-order chi connectivity index (χ0) is 16.1. The average Bonchev–Trinajstić information content (AvgIpc) is 2.85. The van der Waals surface area contributed by atoms with Gasteiger partial charge in [0.2, 0.25) is 11.8 Å². The Morgan fingerprint density at radius 2 is 2.00 bits per heavy atom. The molecule has 128 valence electrons. The number of halogens is 3. The van der Waals surface area contributed by atoms with Crippen molar-refractivity contribution in [3.63, 3.8) is 0 Å². The van der Waals surface area contributed by atoms with Crippen molar-refractivity contribution in [1.82, 2.24) is 15.5 Å². The van der Waals surface area contributed by atoms with Crippen molar-refractivity contribution in [2.24, 2.45) is 5.73 Å². The second-order valence-corrected chi connectivity index (χ2v) is 5.95. The third-order valence-electron chi connectivity index (χ3n) is 2.78. The molecule has 1 aromatic rings. The third kappa shape index (κ3) is 7.13. The van der Waals surface area contributed by atoms with Gasteiger partial charge in [-0.05, 0) is 6.42 Å². The van der Waals surface area contributed by atoms with Gasteiger partial charge in [0.25, 0.3) is 5.92 Å². The normalized spacial score (nSPS) is 11.9. The third-order valence-corrected chi connectivity index (χ3v) is 2.78. The summed E-state index contributed by atoms with van der Waals surface area (Å²) < 4.78 is 30.8. The highest BCUT2D eigenvalue weighted by molar-refractivity contribution is 5.85. The van der Waals surface area contributed by atoms with Crippen LogP contribution in [0, 0.1) is 0 Å². The Balaban J connectivity index is 0.00000441. The number of carbonyl (C=O) groups excluding carboxylic acids is 1. The highest BCUT2D eigenvalue weighted by Crippen LogP contribution is 2.18. The summed E-state index contributed by atoms with van der Waals surface area (Å²) in [7, 11) is 0. The van der Waals surface area contributed by atoms with Crippen molar-refractivity contribution in [3.05, 3.63) is 11.7 Å². The minimum Gasteiger partial charge on any atom is -0.350 e. The molecule has 9 heteroatoms. The van der Waals surface area contributed by atoms with Gasteiger partial charge in [-0.15, -0.1) is 12.4 Å². The lowest BCUT2D eigenvalue weighted by molar-refractivity contribution is -0.123.